The van der Waals surface area contributed by atoms with Crippen LogP contribution >= 0.6 is 0 Å². The standard InChI is InChI=1S/C16H25N5/c1-13(10-11-14-8-6-5-7-9-14)21-15(18-19-20-21)12-17-16(2,3)4/h5-9,13,17H,10-12H2,1-4H3. The first kappa shape index (κ1) is 15.6. The maximum absolute atomic E-state index is 4.14. The predicted octanol–water partition coefficient (Wildman–Crippen LogP) is 2.76. The summed E-state index contributed by atoms with van der Waals surface area (Å²) in [5, 5.41) is 15.5. The summed E-state index contributed by atoms with van der Waals surface area (Å²) >= 11 is 0. The molecule has 2 rings (SSSR count). The molecule has 0 amide bonds. The minimum Gasteiger partial charge on any atom is -0.305 e. The van der Waals surface area contributed by atoms with Crippen LogP contribution in [-0.4, -0.2) is 25.7 Å². The van der Waals surface area contributed by atoms with Gasteiger partial charge in [0.05, 0.1) is 12.6 Å². The summed E-state index contributed by atoms with van der Waals surface area (Å²) in [5.41, 5.74) is 1.41. The molecule has 0 saturated carbocycles. The van der Waals surface area contributed by atoms with Crippen molar-refractivity contribution in [3.05, 3.63) is 41.7 Å². The molecule has 1 heterocycles. The third-order valence-corrected chi connectivity index (χ3v) is 3.45. The van der Waals surface area contributed by atoms with Crippen molar-refractivity contribution in [2.24, 2.45) is 0 Å². The van der Waals surface area contributed by atoms with E-state index in [2.05, 4.69) is 72.8 Å². The second kappa shape index (κ2) is 6.80. The number of hydrogen-bond donors (Lipinski definition) is 1. The van der Waals surface area contributed by atoms with Crippen molar-refractivity contribution in [2.75, 3.05) is 0 Å². The molecule has 1 aromatic carbocycles. The summed E-state index contributed by atoms with van der Waals surface area (Å²) in [6, 6.07) is 10.8. The monoisotopic (exact) mass is 287 g/mol. The van der Waals surface area contributed by atoms with Crippen LogP contribution in [0.25, 0.3) is 0 Å². The van der Waals surface area contributed by atoms with Gasteiger partial charge in [-0.05, 0) is 56.5 Å². The highest BCUT2D eigenvalue weighted by Gasteiger charge is 2.15. The molecule has 0 fully saturated rings. The Morgan fingerprint density at radius 1 is 1.19 bits per heavy atom. The molecule has 1 atom stereocenters. The average molecular weight is 287 g/mol. The summed E-state index contributed by atoms with van der Waals surface area (Å²) in [4.78, 5) is 0. The second-order valence-corrected chi connectivity index (χ2v) is 6.52. The molecule has 114 valence electrons. The average Bonchev–Trinajstić information content (AvgIpc) is 2.91. The molecule has 0 aliphatic carbocycles. The van der Waals surface area contributed by atoms with Crippen molar-refractivity contribution in [2.45, 2.75) is 58.7 Å². The summed E-state index contributed by atoms with van der Waals surface area (Å²) < 4.78 is 1.93. The zero-order valence-electron chi connectivity index (χ0n) is 13.4. The van der Waals surface area contributed by atoms with Crippen molar-refractivity contribution in [3.63, 3.8) is 0 Å². The number of tetrazole rings is 1. The van der Waals surface area contributed by atoms with E-state index in [1.165, 1.54) is 5.56 Å². The van der Waals surface area contributed by atoms with Crippen LogP contribution in [-0.2, 0) is 13.0 Å². The first-order valence-corrected chi connectivity index (χ1v) is 7.51. The molecule has 0 spiro atoms. The summed E-state index contributed by atoms with van der Waals surface area (Å²) in [6.45, 7) is 9.27. The van der Waals surface area contributed by atoms with Gasteiger partial charge in [-0.25, -0.2) is 4.68 Å². The van der Waals surface area contributed by atoms with Gasteiger partial charge in [0.1, 0.15) is 0 Å². The number of aryl methyl sites for hydroxylation is 1. The third-order valence-electron chi connectivity index (χ3n) is 3.45. The van der Waals surface area contributed by atoms with Crippen molar-refractivity contribution < 1.29 is 0 Å². The lowest BCUT2D eigenvalue weighted by atomic mass is 10.1. The van der Waals surface area contributed by atoms with Crippen molar-refractivity contribution >= 4 is 0 Å². The molecule has 0 radical (unpaired) electrons. The molecular formula is C16H25N5. The molecule has 0 aliphatic heterocycles. The predicted molar refractivity (Wildman–Crippen MR) is 83.9 cm³/mol. The number of rotatable bonds is 6. The number of aromatic nitrogens is 4. The largest absolute Gasteiger partial charge is 0.305 e. The van der Waals surface area contributed by atoms with Gasteiger partial charge in [-0.15, -0.1) is 5.10 Å². The van der Waals surface area contributed by atoms with Crippen molar-refractivity contribution in [3.8, 4) is 0 Å². The van der Waals surface area contributed by atoms with Gasteiger partial charge in [-0.1, -0.05) is 30.3 Å². The van der Waals surface area contributed by atoms with E-state index in [1.54, 1.807) is 0 Å². The highest BCUT2D eigenvalue weighted by atomic mass is 15.6. The quantitative estimate of drug-likeness (QED) is 0.887. The summed E-state index contributed by atoms with van der Waals surface area (Å²) in [6.07, 6.45) is 2.06. The van der Waals surface area contributed by atoms with Crippen LogP contribution in [0, 0.1) is 0 Å². The van der Waals surface area contributed by atoms with Gasteiger partial charge < -0.3 is 5.32 Å². The fraction of sp³-hybridized carbons (Fsp3) is 0.562. The molecule has 0 aliphatic rings. The Morgan fingerprint density at radius 3 is 2.57 bits per heavy atom. The maximum atomic E-state index is 4.14. The van der Waals surface area contributed by atoms with Crippen LogP contribution < -0.4 is 5.32 Å². The minimum absolute atomic E-state index is 0.0596. The number of nitrogens with one attached hydrogen (secondary N) is 1. The Balaban J connectivity index is 1.93. The lowest BCUT2D eigenvalue weighted by Crippen LogP contribution is -2.36. The van der Waals surface area contributed by atoms with Gasteiger partial charge in [0, 0.05) is 5.54 Å². The Bertz CT molecular complexity index is 541. The molecule has 1 unspecified atom stereocenters. The molecule has 0 bridgehead atoms. The van der Waals surface area contributed by atoms with Crippen LogP contribution in [0.15, 0.2) is 30.3 Å². The minimum atomic E-state index is 0.0596. The van der Waals surface area contributed by atoms with Gasteiger partial charge in [0.25, 0.3) is 0 Å². The van der Waals surface area contributed by atoms with Crippen molar-refractivity contribution in [1.29, 1.82) is 0 Å². The first-order chi connectivity index (χ1) is 9.96. The van der Waals surface area contributed by atoms with E-state index in [-0.39, 0.29) is 11.6 Å². The molecule has 0 saturated heterocycles. The lowest BCUT2D eigenvalue weighted by Gasteiger charge is -2.21. The van der Waals surface area contributed by atoms with E-state index in [4.69, 9.17) is 0 Å². The first-order valence-electron chi connectivity index (χ1n) is 7.51. The Morgan fingerprint density at radius 2 is 1.90 bits per heavy atom. The molecule has 5 nitrogen and oxygen atoms in total. The number of nitrogens with zero attached hydrogens (tertiary/aromatic N) is 4. The van der Waals surface area contributed by atoms with Crippen LogP contribution in [0.2, 0.25) is 0 Å². The van der Waals surface area contributed by atoms with E-state index in [0.717, 1.165) is 18.7 Å². The highest BCUT2D eigenvalue weighted by Crippen LogP contribution is 2.15. The van der Waals surface area contributed by atoms with Crippen molar-refractivity contribution in [1.82, 2.24) is 25.5 Å². The van der Waals surface area contributed by atoms with Crippen LogP contribution in [0.5, 0.6) is 0 Å². The van der Waals surface area contributed by atoms with E-state index in [9.17, 15) is 0 Å². The Labute approximate surface area is 126 Å². The van der Waals surface area contributed by atoms with Gasteiger partial charge in [0.2, 0.25) is 0 Å². The van der Waals surface area contributed by atoms with Crippen LogP contribution in [0.4, 0.5) is 0 Å². The topological polar surface area (TPSA) is 55.6 Å². The zero-order chi connectivity index (χ0) is 15.3. The molecule has 2 aromatic rings. The van der Waals surface area contributed by atoms with Crippen LogP contribution in [0.3, 0.4) is 0 Å². The number of hydrogen-bond acceptors (Lipinski definition) is 4. The molecule has 21 heavy (non-hydrogen) atoms. The zero-order valence-corrected chi connectivity index (χ0v) is 13.4. The highest BCUT2D eigenvalue weighted by molar-refractivity contribution is 5.14. The third kappa shape index (κ3) is 4.93. The molecular weight excluding hydrogens is 262 g/mol. The van der Waals surface area contributed by atoms with Gasteiger partial charge >= 0.3 is 0 Å². The van der Waals surface area contributed by atoms with E-state index < -0.39 is 0 Å². The fourth-order valence-electron chi connectivity index (χ4n) is 2.16. The smallest absolute Gasteiger partial charge is 0.165 e. The van der Waals surface area contributed by atoms with E-state index >= 15 is 0 Å². The molecule has 1 aromatic heterocycles. The SMILES string of the molecule is CC(CCc1ccccc1)n1nnnc1CNC(C)(C)C. The lowest BCUT2D eigenvalue weighted by molar-refractivity contribution is 0.386. The van der Waals surface area contributed by atoms with E-state index in [1.807, 2.05) is 10.7 Å². The number of benzene rings is 1. The molecule has 5 heteroatoms. The fourth-order valence-corrected chi connectivity index (χ4v) is 2.16. The Hall–Kier alpha value is -1.75. The molecule has 1 N–H and O–H groups in total. The summed E-state index contributed by atoms with van der Waals surface area (Å²) in [5.74, 6) is 0.894. The van der Waals surface area contributed by atoms with Gasteiger partial charge in [-0.3, -0.25) is 0 Å². The summed E-state index contributed by atoms with van der Waals surface area (Å²) in [7, 11) is 0. The maximum Gasteiger partial charge on any atom is 0.165 e. The Kier molecular flexibility index (Phi) is 5.07. The van der Waals surface area contributed by atoms with Crippen LogP contribution in [0.1, 0.15) is 51.5 Å². The van der Waals surface area contributed by atoms with Gasteiger partial charge in [-0.2, -0.15) is 0 Å². The second-order valence-electron chi connectivity index (χ2n) is 6.52. The van der Waals surface area contributed by atoms with E-state index in [0.29, 0.717) is 6.54 Å². The van der Waals surface area contributed by atoms with Gasteiger partial charge in [0.15, 0.2) is 5.82 Å². The normalized spacial score (nSPS) is 13.3.